The Balaban J connectivity index is 2.29. The summed E-state index contributed by atoms with van der Waals surface area (Å²) in [5.41, 5.74) is 0. The highest BCUT2D eigenvalue weighted by Gasteiger charge is 2.28. The highest BCUT2D eigenvalue weighted by molar-refractivity contribution is 5.93. The van der Waals surface area contributed by atoms with Crippen molar-refractivity contribution < 1.29 is 23.9 Å². The highest BCUT2D eigenvalue weighted by Crippen LogP contribution is 2.10. The number of esters is 1. The SMILES string of the molecule is CCOC(=O)COC(=O)N1CCCC1=O. The summed E-state index contributed by atoms with van der Waals surface area (Å²) in [4.78, 5) is 34.2. The molecule has 0 unspecified atom stereocenters. The van der Waals surface area contributed by atoms with Gasteiger partial charge in [-0.05, 0) is 13.3 Å². The molecule has 0 aliphatic carbocycles. The first-order valence-electron chi connectivity index (χ1n) is 4.78. The third-order valence-corrected chi connectivity index (χ3v) is 1.91. The van der Waals surface area contributed by atoms with Gasteiger partial charge in [-0.15, -0.1) is 0 Å². The Hall–Kier alpha value is -1.59. The summed E-state index contributed by atoms with van der Waals surface area (Å²) in [7, 11) is 0. The van der Waals surface area contributed by atoms with Crippen molar-refractivity contribution >= 4 is 18.0 Å². The second-order valence-electron chi connectivity index (χ2n) is 3.01. The zero-order valence-electron chi connectivity index (χ0n) is 8.52. The average Bonchev–Trinajstić information content (AvgIpc) is 2.61. The van der Waals surface area contributed by atoms with Crippen LogP contribution in [0.5, 0.6) is 0 Å². The standard InChI is InChI=1S/C9H13NO5/c1-2-14-8(12)6-15-9(13)10-5-3-4-7(10)11/h2-6H2,1H3. The van der Waals surface area contributed by atoms with E-state index in [1.807, 2.05) is 0 Å². The molecule has 0 aromatic heterocycles. The van der Waals surface area contributed by atoms with Crippen molar-refractivity contribution in [1.82, 2.24) is 4.90 Å². The van der Waals surface area contributed by atoms with Crippen LogP contribution in [-0.4, -0.2) is 42.6 Å². The van der Waals surface area contributed by atoms with Crippen LogP contribution in [-0.2, 0) is 19.1 Å². The molecule has 1 aliphatic heterocycles. The lowest BCUT2D eigenvalue weighted by Crippen LogP contribution is -2.33. The van der Waals surface area contributed by atoms with Gasteiger partial charge in [0.1, 0.15) is 0 Å². The van der Waals surface area contributed by atoms with E-state index in [0.717, 1.165) is 4.90 Å². The first-order valence-corrected chi connectivity index (χ1v) is 4.78. The lowest BCUT2D eigenvalue weighted by Gasteiger charge is -2.12. The number of carbonyl (C=O) groups is 3. The molecule has 1 aliphatic rings. The summed E-state index contributed by atoms with van der Waals surface area (Å²) >= 11 is 0. The van der Waals surface area contributed by atoms with Gasteiger partial charge in [-0.2, -0.15) is 0 Å². The van der Waals surface area contributed by atoms with Crippen molar-refractivity contribution in [3.63, 3.8) is 0 Å². The smallest absolute Gasteiger partial charge is 0.417 e. The van der Waals surface area contributed by atoms with Crippen molar-refractivity contribution in [2.24, 2.45) is 0 Å². The molecular weight excluding hydrogens is 202 g/mol. The number of ether oxygens (including phenoxy) is 2. The molecule has 6 nitrogen and oxygen atoms in total. The quantitative estimate of drug-likeness (QED) is 0.633. The van der Waals surface area contributed by atoms with Crippen molar-refractivity contribution in [2.75, 3.05) is 19.8 Å². The van der Waals surface area contributed by atoms with Crippen LogP contribution in [0.25, 0.3) is 0 Å². The van der Waals surface area contributed by atoms with E-state index in [4.69, 9.17) is 0 Å². The summed E-state index contributed by atoms with van der Waals surface area (Å²) in [5.74, 6) is -0.874. The first kappa shape index (κ1) is 11.5. The molecule has 84 valence electrons. The Labute approximate surface area is 87.1 Å². The van der Waals surface area contributed by atoms with Gasteiger partial charge in [-0.1, -0.05) is 0 Å². The van der Waals surface area contributed by atoms with Gasteiger partial charge in [0.2, 0.25) is 5.91 Å². The fourth-order valence-electron chi connectivity index (χ4n) is 1.24. The lowest BCUT2D eigenvalue weighted by atomic mass is 10.4. The van der Waals surface area contributed by atoms with E-state index in [9.17, 15) is 14.4 Å². The predicted octanol–water partition coefficient (Wildman–Crippen LogP) is 0.309. The van der Waals surface area contributed by atoms with Crippen molar-refractivity contribution in [3.8, 4) is 0 Å². The number of carbonyl (C=O) groups excluding carboxylic acids is 3. The average molecular weight is 215 g/mol. The highest BCUT2D eigenvalue weighted by atomic mass is 16.6. The summed E-state index contributed by atoms with van der Waals surface area (Å²) < 4.78 is 9.16. The third-order valence-electron chi connectivity index (χ3n) is 1.91. The maximum atomic E-state index is 11.2. The Morgan fingerprint density at radius 2 is 2.13 bits per heavy atom. The molecule has 2 amide bonds. The molecule has 0 radical (unpaired) electrons. The molecule has 1 saturated heterocycles. The van der Waals surface area contributed by atoms with E-state index in [2.05, 4.69) is 9.47 Å². The van der Waals surface area contributed by atoms with Crippen LogP contribution in [0.15, 0.2) is 0 Å². The summed E-state index contributed by atoms with van der Waals surface area (Å²) in [6, 6.07) is 0. The lowest BCUT2D eigenvalue weighted by molar-refractivity contribution is -0.147. The van der Waals surface area contributed by atoms with Gasteiger partial charge in [-0.25, -0.2) is 14.5 Å². The van der Waals surface area contributed by atoms with E-state index in [0.29, 0.717) is 19.4 Å². The van der Waals surface area contributed by atoms with Crippen LogP contribution in [0, 0.1) is 0 Å². The number of rotatable bonds is 3. The van der Waals surface area contributed by atoms with Crippen LogP contribution in [0.1, 0.15) is 19.8 Å². The predicted molar refractivity (Wildman–Crippen MR) is 48.9 cm³/mol. The Morgan fingerprint density at radius 1 is 1.40 bits per heavy atom. The van der Waals surface area contributed by atoms with Crippen LogP contribution in [0.3, 0.4) is 0 Å². The van der Waals surface area contributed by atoms with Crippen LogP contribution in [0.4, 0.5) is 4.79 Å². The van der Waals surface area contributed by atoms with Gasteiger partial charge in [0.15, 0.2) is 6.61 Å². The van der Waals surface area contributed by atoms with Crippen molar-refractivity contribution in [1.29, 1.82) is 0 Å². The normalized spacial score (nSPS) is 15.3. The molecular formula is C9H13NO5. The van der Waals surface area contributed by atoms with Gasteiger partial charge in [0.25, 0.3) is 0 Å². The zero-order valence-corrected chi connectivity index (χ0v) is 8.52. The second kappa shape index (κ2) is 5.33. The van der Waals surface area contributed by atoms with E-state index < -0.39 is 18.7 Å². The molecule has 1 rings (SSSR count). The maximum Gasteiger partial charge on any atom is 0.417 e. The number of hydrogen-bond donors (Lipinski definition) is 0. The summed E-state index contributed by atoms with van der Waals surface area (Å²) in [6.07, 6.45) is 0.229. The van der Waals surface area contributed by atoms with Crippen molar-refractivity contribution in [3.05, 3.63) is 0 Å². The Bertz CT molecular complexity index is 276. The summed E-state index contributed by atoms with van der Waals surface area (Å²) in [6.45, 7) is 1.81. The Morgan fingerprint density at radius 3 is 2.67 bits per heavy atom. The van der Waals surface area contributed by atoms with Gasteiger partial charge in [-0.3, -0.25) is 4.79 Å². The largest absolute Gasteiger partial charge is 0.463 e. The number of nitrogens with zero attached hydrogens (tertiary/aromatic N) is 1. The molecule has 0 saturated carbocycles. The molecule has 0 spiro atoms. The van der Waals surface area contributed by atoms with Crippen LogP contribution < -0.4 is 0 Å². The van der Waals surface area contributed by atoms with Gasteiger partial charge < -0.3 is 9.47 Å². The molecule has 0 atom stereocenters. The topological polar surface area (TPSA) is 72.9 Å². The molecule has 1 fully saturated rings. The minimum absolute atomic E-state index is 0.235. The molecule has 0 aromatic rings. The van der Waals surface area contributed by atoms with E-state index in [-0.39, 0.29) is 12.5 Å². The van der Waals surface area contributed by atoms with E-state index >= 15 is 0 Å². The van der Waals surface area contributed by atoms with Gasteiger partial charge in [0, 0.05) is 13.0 Å². The first-order chi connectivity index (χ1) is 7.15. The van der Waals surface area contributed by atoms with Gasteiger partial charge >= 0.3 is 12.1 Å². The molecule has 1 heterocycles. The Kier molecular flexibility index (Phi) is 4.08. The molecule has 0 N–H and O–H groups in total. The fraction of sp³-hybridized carbons (Fsp3) is 0.667. The molecule has 6 heteroatoms. The minimum Gasteiger partial charge on any atom is -0.463 e. The number of amides is 2. The number of hydrogen-bond acceptors (Lipinski definition) is 5. The minimum atomic E-state index is -0.773. The van der Waals surface area contributed by atoms with E-state index in [1.54, 1.807) is 6.92 Å². The molecule has 0 bridgehead atoms. The monoisotopic (exact) mass is 215 g/mol. The van der Waals surface area contributed by atoms with Crippen LogP contribution in [0.2, 0.25) is 0 Å². The van der Waals surface area contributed by atoms with Crippen LogP contribution >= 0.6 is 0 Å². The van der Waals surface area contributed by atoms with E-state index in [1.165, 1.54) is 0 Å². The number of likely N-dealkylation sites (tertiary alicyclic amines) is 1. The molecule has 15 heavy (non-hydrogen) atoms. The van der Waals surface area contributed by atoms with Gasteiger partial charge in [0.05, 0.1) is 6.61 Å². The number of imide groups is 1. The third kappa shape index (κ3) is 3.23. The second-order valence-corrected chi connectivity index (χ2v) is 3.01. The van der Waals surface area contributed by atoms with Crippen molar-refractivity contribution in [2.45, 2.75) is 19.8 Å². The summed E-state index contributed by atoms with van der Waals surface area (Å²) in [5, 5.41) is 0. The zero-order chi connectivity index (χ0) is 11.3. The maximum absolute atomic E-state index is 11.2. The fourth-order valence-corrected chi connectivity index (χ4v) is 1.24. The molecule has 0 aromatic carbocycles.